The van der Waals surface area contributed by atoms with Crippen LogP contribution in [0, 0.1) is 0 Å². The van der Waals surface area contributed by atoms with Crippen molar-refractivity contribution in [2.75, 3.05) is 5.32 Å². The van der Waals surface area contributed by atoms with Gasteiger partial charge in [0.25, 0.3) is 5.91 Å². The molecule has 0 aliphatic carbocycles. The Balaban J connectivity index is 1.52. The van der Waals surface area contributed by atoms with E-state index in [1.807, 2.05) is 54.6 Å². The minimum Gasteiger partial charge on any atom is -0.321 e. The number of carbonyl (C=O) groups excluding carboxylic acids is 1. The summed E-state index contributed by atoms with van der Waals surface area (Å²) in [6.45, 7) is 0. The largest absolute Gasteiger partial charge is 0.321 e. The van der Waals surface area contributed by atoms with Crippen molar-refractivity contribution < 1.29 is 4.79 Å². The molecule has 3 heterocycles. The van der Waals surface area contributed by atoms with E-state index in [0.29, 0.717) is 11.4 Å². The minimum absolute atomic E-state index is 0.254. The summed E-state index contributed by atoms with van der Waals surface area (Å²) in [7, 11) is 0. The van der Waals surface area contributed by atoms with E-state index in [0.717, 1.165) is 21.0 Å². The van der Waals surface area contributed by atoms with Crippen LogP contribution in [-0.2, 0) is 0 Å². The maximum Gasteiger partial charge on any atom is 0.274 e. The Hall–Kier alpha value is -3.25. The first kappa shape index (κ1) is 16.2. The molecule has 26 heavy (non-hydrogen) atoms. The standard InChI is InChI=1S/C20H14N4OS/c25-20(17-9-8-14-5-1-2-6-16(14)24-17)23-15-10-12-22-19(13-15)26-18-7-3-4-11-21-18/h1-13H,(H,22,23,25). The van der Waals surface area contributed by atoms with Crippen molar-refractivity contribution in [2.24, 2.45) is 0 Å². The van der Waals surface area contributed by atoms with Gasteiger partial charge in [0, 0.05) is 23.5 Å². The number of aromatic nitrogens is 3. The third kappa shape index (κ3) is 3.70. The molecule has 1 aromatic carbocycles. The lowest BCUT2D eigenvalue weighted by Crippen LogP contribution is -2.13. The third-order valence-corrected chi connectivity index (χ3v) is 4.55. The number of hydrogen-bond acceptors (Lipinski definition) is 5. The Labute approximate surface area is 154 Å². The van der Waals surface area contributed by atoms with Crippen LogP contribution in [0.25, 0.3) is 10.9 Å². The van der Waals surface area contributed by atoms with Crippen LogP contribution in [-0.4, -0.2) is 20.9 Å². The van der Waals surface area contributed by atoms with E-state index in [1.165, 1.54) is 11.8 Å². The molecule has 0 bridgehead atoms. The highest BCUT2D eigenvalue weighted by Gasteiger charge is 2.09. The number of nitrogens with zero attached hydrogens (tertiary/aromatic N) is 3. The van der Waals surface area contributed by atoms with Crippen LogP contribution in [0.1, 0.15) is 10.5 Å². The Morgan fingerprint density at radius 3 is 2.58 bits per heavy atom. The molecular weight excluding hydrogens is 344 g/mol. The Bertz CT molecular complexity index is 1070. The molecule has 1 amide bonds. The summed E-state index contributed by atoms with van der Waals surface area (Å²) in [6, 6.07) is 20.6. The second-order valence-corrected chi connectivity index (χ2v) is 6.54. The summed E-state index contributed by atoms with van der Waals surface area (Å²) < 4.78 is 0. The molecule has 0 aliphatic rings. The quantitative estimate of drug-likeness (QED) is 0.584. The van der Waals surface area contributed by atoms with Gasteiger partial charge in [-0.05, 0) is 36.4 Å². The molecule has 1 N–H and O–H groups in total. The number of fused-ring (bicyclic) bond motifs is 1. The van der Waals surface area contributed by atoms with Crippen molar-refractivity contribution in [3.8, 4) is 0 Å². The summed E-state index contributed by atoms with van der Waals surface area (Å²) in [5.74, 6) is -0.254. The predicted octanol–water partition coefficient (Wildman–Crippen LogP) is 4.43. The van der Waals surface area contributed by atoms with E-state index >= 15 is 0 Å². The molecule has 3 aromatic heterocycles. The molecule has 4 aromatic rings. The van der Waals surface area contributed by atoms with Crippen molar-refractivity contribution >= 4 is 34.3 Å². The highest BCUT2D eigenvalue weighted by Crippen LogP contribution is 2.25. The summed E-state index contributed by atoms with van der Waals surface area (Å²) in [4.78, 5) is 25.5. The first-order valence-electron chi connectivity index (χ1n) is 8.00. The van der Waals surface area contributed by atoms with E-state index in [4.69, 9.17) is 0 Å². The first-order valence-corrected chi connectivity index (χ1v) is 8.82. The van der Waals surface area contributed by atoms with Crippen LogP contribution in [0.2, 0.25) is 0 Å². The maximum atomic E-state index is 12.5. The van der Waals surface area contributed by atoms with Crippen molar-refractivity contribution in [3.63, 3.8) is 0 Å². The van der Waals surface area contributed by atoms with Gasteiger partial charge in [0.05, 0.1) is 5.52 Å². The average Bonchev–Trinajstić information content (AvgIpc) is 2.68. The lowest BCUT2D eigenvalue weighted by atomic mass is 10.2. The molecule has 0 unspecified atom stereocenters. The van der Waals surface area contributed by atoms with Crippen molar-refractivity contribution in [1.29, 1.82) is 0 Å². The fourth-order valence-electron chi connectivity index (χ4n) is 2.45. The van der Waals surface area contributed by atoms with E-state index in [9.17, 15) is 4.79 Å². The van der Waals surface area contributed by atoms with Crippen molar-refractivity contribution in [2.45, 2.75) is 10.1 Å². The Kier molecular flexibility index (Phi) is 4.57. The van der Waals surface area contributed by atoms with Crippen molar-refractivity contribution in [3.05, 3.63) is 84.8 Å². The molecule has 0 saturated carbocycles. The number of carbonyl (C=O) groups is 1. The average molecular weight is 358 g/mol. The predicted molar refractivity (Wildman–Crippen MR) is 102 cm³/mol. The summed E-state index contributed by atoms with van der Waals surface area (Å²) in [6.07, 6.45) is 3.40. The van der Waals surface area contributed by atoms with E-state index < -0.39 is 0 Å². The highest BCUT2D eigenvalue weighted by atomic mass is 32.2. The molecule has 126 valence electrons. The van der Waals surface area contributed by atoms with Gasteiger partial charge in [-0.1, -0.05) is 42.1 Å². The van der Waals surface area contributed by atoms with Crippen LogP contribution in [0.4, 0.5) is 5.69 Å². The van der Waals surface area contributed by atoms with Crippen LogP contribution >= 0.6 is 11.8 Å². The number of amides is 1. The lowest BCUT2D eigenvalue weighted by Gasteiger charge is -2.07. The van der Waals surface area contributed by atoms with Gasteiger partial charge in [0.1, 0.15) is 15.7 Å². The molecule has 0 fully saturated rings. The van der Waals surface area contributed by atoms with E-state index in [-0.39, 0.29) is 5.91 Å². The normalized spacial score (nSPS) is 10.6. The number of hydrogen-bond donors (Lipinski definition) is 1. The molecule has 0 spiro atoms. The molecule has 0 radical (unpaired) electrons. The van der Waals surface area contributed by atoms with Gasteiger partial charge in [-0.2, -0.15) is 0 Å². The van der Waals surface area contributed by atoms with E-state index in [2.05, 4.69) is 20.3 Å². The topological polar surface area (TPSA) is 67.8 Å². The summed E-state index contributed by atoms with van der Waals surface area (Å²) in [5.41, 5.74) is 1.83. The minimum atomic E-state index is -0.254. The van der Waals surface area contributed by atoms with Gasteiger partial charge in [0.2, 0.25) is 0 Å². The smallest absolute Gasteiger partial charge is 0.274 e. The van der Waals surface area contributed by atoms with E-state index in [1.54, 1.807) is 24.5 Å². The third-order valence-electron chi connectivity index (χ3n) is 3.67. The zero-order valence-electron chi connectivity index (χ0n) is 13.7. The van der Waals surface area contributed by atoms with Gasteiger partial charge in [-0.3, -0.25) is 4.79 Å². The molecule has 0 saturated heterocycles. The van der Waals surface area contributed by atoms with Crippen LogP contribution < -0.4 is 5.32 Å². The molecule has 0 aliphatic heterocycles. The highest BCUT2D eigenvalue weighted by molar-refractivity contribution is 7.99. The summed E-state index contributed by atoms with van der Waals surface area (Å²) >= 11 is 1.44. The number of anilines is 1. The van der Waals surface area contributed by atoms with Gasteiger partial charge >= 0.3 is 0 Å². The van der Waals surface area contributed by atoms with Gasteiger partial charge in [-0.25, -0.2) is 15.0 Å². The number of nitrogens with one attached hydrogen (secondary N) is 1. The zero-order valence-corrected chi connectivity index (χ0v) is 14.5. The number of pyridine rings is 3. The first-order chi connectivity index (χ1) is 12.8. The maximum absolute atomic E-state index is 12.5. The monoisotopic (exact) mass is 358 g/mol. The molecule has 6 heteroatoms. The van der Waals surface area contributed by atoms with Gasteiger partial charge in [-0.15, -0.1) is 0 Å². The zero-order chi connectivity index (χ0) is 17.8. The van der Waals surface area contributed by atoms with Crippen LogP contribution in [0.15, 0.2) is 89.2 Å². The SMILES string of the molecule is O=C(Nc1ccnc(Sc2ccccn2)c1)c1ccc2ccccc2n1. The van der Waals surface area contributed by atoms with Gasteiger partial charge in [0.15, 0.2) is 0 Å². The number of rotatable bonds is 4. The lowest BCUT2D eigenvalue weighted by molar-refractivity contribution is 0.102. The molecular formula is C20H14N4OS. The Morgan fingerprint density at radius 1 is 0.846 bits per heavy atom. The number of para-hydroxylation sites is 1. The van der Waals surface area contributed by atoms with Crippen molar-refractivity contribution in [1.82, 2.24) is 15.0 Å². The molecule has 0 atom stereocenters. The Morgan fingerprint density at radius 2 is 1.69 bits per heavy atom. The van der Waals surface area contributed by atoms with Crippen LogP contribution in [0.3, 0.4) is 0 Å². The number of benzene rings is 1. The van der Waals surface area contributed by atoms with Crippen LogP contribution in [0.5, 0.6) is 0 Å². The van der Waals surface area contributed by atoms with Gasteiger partial charge < -0.3 is 5.32 Å². The fraction of sp³-hybridized carbons (Fsp3) is 0. The summed E-state index contributed by atoms with van der Waals surface area (Å²) in [5, 5.41) is 5.48. The second kappa shape index (κ2) is 7.33. The fourth-order valence-corrected chi connectivity index (χ4v) is 3.22. The molecule has 5 nitrogen and oxygen atoms in total. The second-order valence-electron chi connectivity index (χ2n) is 5.50. The molecule has 4 rings (SSSR count).